The van der Waals surface area contributed by atoms with E-state index in [1.54, 1.807) is 48.5 Å². The summed E-state index contributed by atoms with van der Waals surface area (Å²) in [6, 6.07) is 27.6. The lowest BCUT2D eigenvalue weighted by Crippen LogP contribution is -2.54. The summed E-state index contributed by atoms with van der Waals surface area (Å²) in [7, 11) is -2.80. The predicted octanol–water partition coefficient (Wildman–Crippen LogP) is 6.75. The van der Waals surface area contributed by atoms with Crippen molar-refractivity contribution in [3.05, 3.63) is 124 Å². The maximum atomic E-state index is 14.5. The summed E-state index contributed by atoms with van der Waals surface area (Å²) in [6.45, 7) is 3.28. The molecule has 8 nitrogen and oxygen atoms in total. The van der Waals surface area contributed by atoms with Gasteiger partial charge in [-0.2, -0.15) is 0 Å². The molecule has 2 atom stereocenters. The first-order chi connectivity index (χ1) is 22.0. The molecule has 0 aliphatic heterocycles. The Hall–Kier alpha value is -4.05. The van der Waals surface area contributed by atoms with Crippen LogP contribution in [-0.4, -0.2) is 50.9 Å². The Labute approximate surface area is 280 Å². The van der Waals surface area contributed by atoms with Crippen molar-refractivity contribution >= 4 is 50.7 Å². The zero-order valence-electron chi connectivity index (χ0n) is 25.9. The van der Waals surface area contributed by atoms with E-state index in [1.807, 2.05) is 44.2 Å². The minimum atomic E-state index is -4.26. The SMILES string of the molecule is CC[C@H](C)NC(=O)[C@@H](Cc1ccccc1)N(Cc1ccc(Cl)cc1)C(=O)CN(c1ccc(OC)c(Cl)c1)S(=O)(=O)c1ccccc1. The fourth-order valence-electron chi connectivity index (χ4n) is 4.84. The zero-order chi connectivity index (χ0) is 33.3. The van der Waals surface area contributed by atoms with Gasteiger partial charge in [0.2, 0.25) is 11.8 Å². The second-order valence-corrected chi connectivity index (χ2v) is 13.5. The van der Waals surface area contributed by atoms with Crippen LogP contribution in [0.2, 0.25) is 10.0 Å². The standard InChI is InChI=1S/C35H37Cl2N3O5S/c1-4-25(2)38-35(42)32(21-26-11-7-5-8-12-26)39(23-27-15-17-28(36)18-16-27)34(41)24-40(29-19-20-33(45-3)31(37)22-29)46(43,44)30-13-9-6-10-14-30/h5-20,22,25,32H,4,21,23-24H2,1-3H3,(H,38,42)/t25-,32+/m0/s1. The van der Waals surface area contributed by atoms with Crippen LogP contribution in [0.15, 0.2) is 108 Å². The summed E-state index contributed by atoms with van der Waals surface area (Å²) in [5.41, 5.74) is 1.73. The molecule has 0 fully saturated rings. The molecule has 0 spiro atoms. The van der Waals surface area contributed by atoms with Gasteiger partial charge < -0.3 is 15.0 Å². The average Bonchev–Trinajstić information content (AvgIpc) is 3.06. The quantitative estimate of drug-likeness (QED) is 0.159. The predicted molar refractivity (Wildman–Crippen MR) is 183 cm³/mol. The highest BCUT2D eigenvalue weighted by Gasteiger charge is 2.35. The Balaban J connectivity index is 1.82. The molecule has 4 rings (SSSR count). The number of ether oxygens (including phenoxy) is 1. The van der Waals surface area contributed by atoms with Gasteiger partial charge in [0.05, 0.1) is 22.7 Å². The number of hydrogen-bond acceptors (Lipinski definition) is 5. The number of methoxy groups -OCH3 is 1. The molecule has 242 valence electrons. The first kappa shape index (κ1) is 34.8. The first-order valence-electron chi connectivity index (χ1n) is 14.8. The number of amides is 2. The van der Waals surface area contributed by atoms with Crippen LogP contribution in [0.5, 0.6) is 5.75 Å². The first-order valence-corrected chi connectivity index (χ1v) is 17.0. The summed E-state index contributed by atoms with van der Waals surface area (Å²) in [5, 5.41) is 3.72. The number of nitrogens with zero attached hydrogens (tertiary/aromatic N) is 2. The third-order valence-electron chi connectivity index (χ3n) is 7.57. The van der Waals surface area contributed by atoms with Crippen molar-refractivity contribution in [1.82, 2.24) is 10.2 Å². The van der Waals surface area contributed by atoms with Gasteiger partial charge in [0.25, 0.3) is 10.0 Å². The summed E-state index contributed by atoms with van der Waals surface area (Å²) in [5.74, 6) is -0.574. The lowest BCUT2D eigenvalue weighted by molar-refractivity contribution is -0.140. The van der Waals surface area contributed by atoms with E-state index >= 15 is 0 Å². The molecule has 0 bridgehead atoms. The molecule has 0 unspecified atom stereocenters. The molecule has 2 amide bonds. The molecular weight excluding hydrogens is 645 g/mol. The normalized spacial score (nSPS) is 12.5. The summed E-state index contributed by atoms with van der Waals surface area (Å²) < 4.78 is 34.5. The van der Waals surface area contributed by atoms with Crippen LogP contribution >= 0.6 is 23.2 Å². The maximum Gasteiger partial charge on any atom is 0.264 e. The molecule has 0 heterocycles. The highest BCUT2D eigenvalue weighted by atomic mass is 35.5. The van der Waals surface area contributed by atoms with Crippen LogP contribution in [0.4, 0.5) is 5.69 Å². The van der Waals surface area contributed by atoms with Crippen LogP contribution in [0.25, 0.3) is 0 Å². The fraction of sp³-hybridized carbons (Fsp3) is 0.257. The summed E-state index contributed by atoms with van der Waals surface area (Å²) >= 11 is 12.6. The lowest BCUT2D eigenvalue weighted by Gasteiger charge is -2.34. The largest absolute Gasteiger partial charge is 0.495 e. The van der Waals surface area contributed by atoms with Gasteiger partial charge in [-0.15, -0.1) is 0 Å². The van der Waals surface area contributed by atoms with Gasteiger partial charge in [-0.25, -0.2) is 8.42 Å². The molecular formula is C35H37Cl2N3O5S. The summed E-state index contributed by atoms with van der Waals surface area (Å²) in [4.78, 5) is 29.9. The van der Waals surface area contributed by atoms with Crippen LogP contribution in [0.1, 0.15) is 31.4 Å². The lowest BCUT2D eigenvalue weighted by atomic mass is 10.0. The van der Waals surface area contributed by atoms with E-state index in [1.165, 1.54) is 36.3 Å². The average molecular weight is 683 g/mol. The van der Waals surface area contributed by atoms with Crippen LogP contribution in [0.3, 0.4) is 0 Å². The Bertz CT molecular complexity index is 1720. The number of hydrogen-bond donors (Lipinski definition) is 1. The van der Waals surface area contributed by atoms with Crippen molar-refractivity contribution in [2.75, 3.05) is 18.0 Å². The molecule has 0 saturated heterocycles. The maximum absolute atomic E-state index is 14.5. The van der Waals surface area contributed by atoms with Gasteiger partial charge in [0, 0.05) is 24.0 Å². The number of rotatable bonds is 14. The Morgan fingerprint density at radius 1 is 0.870 bits per heavy atom. The number of halogens is 2. The molecule has 4 aromatic rings. The van der Waals surface area contributed by atoms with Crippen molar-refractivity contribution < 1.29 is 22.7 Å². The van der Waals surface area contributed by atoms with E-state index in [2.05, 4.69) is 5.32 Å². The van der Waals surface area contributed by atoms with Gasteiger partial charge in [-0.05, 0) is 66.9 Å². The van der Waals surface area contributed by atoms with Gasteiger partial charge in [-0.3, -0.25) is 13.9 Å². The van der Waals surface area contributed by atoms with Gasteiger partial charge >= 0.3 is 0 Å². The van der Waals surface area contributed by atoms with E-state index in [4.69, 9.17) is 27.9 Å². The molecule has 0 aliphatic carbocycles. The van der Waals surface area contributed by atoms with E-state index in [9.17, 15) is 18.0 Å². The number of carbonyl (C=O) groups excluding carboxylic acids is 2. The van der Waals surface area contributed by atoms with Crippen LogP contribution < -0.4 is 14.4 Å². The van der Waals surface area contributed by atoms with E-state index < -0.39 is 28.5 Å². The minimum absolute atomic E-state index is 0.00524. The second-order valence-electron chi connectivity index (χ2n) is 10.8. The third kappa shape index (κ3) is 8.81. The third-order valence-corrected chi connectivity index (χ3v) is 9.91. The monoisotopic (exact) mass is 681 g/mol. The molecule has 46 heavy (non-hydrogen) atoms. The van der Waals surface area contributed by atoms with Gasteiger partial charge in [-0.1, -0.05) is 90.8 Å². The van der Waals surface area contributed by atoms with E-state index in [0.717, 1.165) is 15.4 Å². The minimum Gasteiger partial charge on any atom is -0.495 e. The second kappa shape index (κ2) is 16.0. The number of anilines is 1. The van der Waals surface area contributed by atoms with Crippen LogP contribution in [-0.2, 0) is 32.6 Å². The van der Waals surface area contributed by atoms with Crippen molar-refractivity contribution in [1.29, 1.82) is 0 Å². The van der Waals surface area contributed by atoms with Crippen LogP contribution in [0, 0.1) is 0 Å². The Morgan fingerprint density at radius 2 is 1.50 bits per heavy atom. The number of carbonyl (C=O) groups is 2. The number of benzene rings is 4. The highest BCUT2D eigenvalue weighted by Crippen LogP contribution is 2.32. The molecule has 11 heteroatoms. The fourth-order valence-corrected chi connectivity index (χ4v) is 6.65. The van der Waals surface area contributed by atoms with E-state index in [-0.39, 0.29) is 40.5 Å². The van der Waals surface area contributed by atoms with Gasteiger partial charge in [0.15, 0.2) is 0 Å². The molecule has 0 radical (unpaired) electrons. The van der Waals surface area contributed by atoms with Crippen molar-refractivity contribution in [3.8, 4) is 5.75 Å². The highest BCUT2D eigenvalue weighted by molar-refractivity contribution is 7.92. The van der Waals surface area contributed by atoms with Crippen molar-refractivity contribution in [3.63, 3.8) is 0 Å². The summed E-state index contributed by atoms with van der Waals surface area (Å²) in [6.07, 6.45) is 0.901. The molecule has 0 aliphatic rings. The van der Waals surface area contributed by atoms with Gasteiger partial charge in [0.1, 0.15) is 18.3 Å². The Morgan fingerprint density at radius 3 is 2.09 bits per heavy atom. The molecule has 0 saturated carbocycles. The molecule has 0 aromatic heterocycles. The number of sulfonamides is 1. The van der Waals surface area contributed by atoms with Crippen molar-refractivity contribution in [2.24, 2.45) is 0 Å². The Kier molecular flexibility index (Phi) is 12.1. The topological polar surface area (TPSA) is 96.0 Å². The van der Waals surface area contributed by atoms with Crippen molar-refractivity contribution in [2.45, 2.75) is 50.2 Å². The smallest absolute Gasteiger partial charge is 0.264 e. The number of nitrogens with one attached hydrogen (secondary N) is 1. The van der Waals surface area contributed by atoms with E-state index in [0.29, 0.717) is 17.2 Å². The zero-order valence-corrected chi connectivity index (χ0v) is 28.2. The molecule has 1 N–H and O–H groups in total. The molecule has 4 aromatic carbocycles.